The molecule has 3 aromatic rings. The fraction of sp³-hybridized carbons (Fsp3) is 0.348. The number of benzene rings is 2. The Morgan fingerprint density at radius 2 is 1.93 bits per heavy atom. The fourth-order valence-electron chi connectivity index (χ4n) is 3.60. The maximum atomic E-state index is 12.5. The van der Waals surface area contributed by atoms with E-state index >= 15 is 0 Å². The van der Waals surface area contributed by atoms with Crippen LogP contribution < -0.4 is 4.74 Å². The van der Waals surface area contributed by atoms with Crippen LogP contribution in [0.25, 0.3) is 11.4 Å². The summed E-state index contributed by atoms with van der Waals surface area (Å²) in [6, 6.07) is 16.0. The zero-order chi connectivity index (χ0) is 20.2. The first-order chi connectivity index (χ1) is 14.2. The molecule has 1 atom stereocenters. The van der Waals surface area contributed by atoms with Crippen LogP contribution in [0.2, 0.25) is 0 Å². The van der Waals surface area contributed by atoms with Gasteiger partial charge in [0.1, 0.15) is 5.75 Å². The summed E-state index contributed by atoms with van der Waals surface area (Å²) < 4.78 is 11.0. The lowest BCUT2D eigenvalue weighted by molar-refractivity contribution is -0.128. The van der Waals surface area contributed by atoms with Crippen LogP contribution in [0.4, 0.5) is 0 Å². The standard InChI is InChI=1S/C23H25N3O3/c1-3-16-8-10-17(11-9-16)14-26-15-19(13-21(26)27)23-24-22(25-29-23)18-6-5-7-20(12-18)28-4-2/h5-12,19H,3-4,13-15H2,1-2H3. The van der Waals surface area contributed by atoms with E-state index in [9.17, 15) is 4.79 Å². The van der Waals surface area contributed by atoms with Gasteiger partial charge < -0.3 is 14.2 Å². The van der Waals surface area contributed by atoms with E-state index < -0.39 is 0 Å². The fourth-order valence-corrected chi connectivity index (χ4v) is 3.60. The van der Waals surface area contributed by atoms with Crippen LogP contribution in [0, 0.1) is 0 Å². The van der Waals surface area contributed by atoms with Crippen molar-refractivity contribution in [2.45, 2.75) is 39.2 Å². The van der Waals surface area contributed by atoms with Crippen LogP contribution >= 0.6 is 0 Å². The summed E-state index contributed by atoms with van der Waals surface area (Å²) in [7, 11) is 0. The topological polar surface area (TPSA) is 68.5 Å². The van der Waals surface area contributed by atoms with Crippen molar-refractivity contribution >= 4 is 5.91 Å². The first kappa shape index (κ1) is 19.2. The molecule has 29 heavy (non-hydrogen) atoms. The first-order valence-corrected chi connectivity index (χ1v) is 10.1. The Morgan fingerprint density at radius 1 is 1.14 bits per heavy atom. The number of aryl methyl sites for hydroxylation is 1. The molecule has 1 aromatic heterocycles. The van der Waals surface area contributed by atoms with Crippen molar-refractivity contribution in [3.05, 3.63) is 65.5 Å². The highest BCUT2D eigenvalue weighted by molar-refractivity contribution is 5.79. The molecule has 1 amide bonds. The van der Waals surface area contributed by atoms with Crippen molar-refractivity contribution in [1.82, 2.24) is 15.0 Å². The minimum absolute atomic E-state index is 0.0752. The van der Waals surface area contributed by atoms with E-state index in [0.29, 0.717) is 37.8 Å². The number of hydrogen-bond acceptors (Lipinski definition) is 5. The third-order valence-electron chi connectivity index (χ3n) is 5.21. The zero-order valence-corrected chi connectivity index (χ0v) is 16.8. The van der Waals surface area contributed by atoms with Crippen molar-refractivity contribution in [2.75, 3.05) is 13.2 Å². The molecule has 0 spiro atoms. The molecule has 1 aliphatic heterocycles. The van der Waals surface area contributed by atoms with Crippen molar-refractivity contribution in [1.29, 1.82) is 0 Å². The monoisotopic (exact) mass is 391 g/mol. The van der Waals surface area contributed by atoms with E-state index in [1.807, 2.05) is 36.1 Å². The largest absolute Gasteiger partial charge is 0.494 e. The van der Waals surface area contributed by atoms with Crippen molar-refractivity contribution in [2.24, 2.45) is 0 Å². The first-order valence-electron chi connectivity index (χ1n) is 10.1. The second kappa shape index (κ2) is 8.47. The van der Waals surface area contributed by atoms with Gasteiger partial charge in [-0.1, -0.05) is 48.5 Å². The average molecular weight is 391 g/mol. The maximum absolute atomic E-state index is 12.5. The number of ether oxygens (including phenoxy) is 1. The molecule has 0 radical (unpaired) electrons. The van der Waals surface area contributed by atoms with E-state index in [1.54, 1.807) is 0 Å². The van der Waals surface area contributed by atoms with Crippen LogP contribution in [0.1, 0.15) is 43.2 Å². The van der Waals surface area contributed by atoms with Crippen molar-refractivity contribution < 1.29 is 14.1 Å². The number of aromatic nitrogens is 2. The number of likely N-dealkylation sites (tertiary alicyclic amines) is 1. The third-order valence-corrected chi connectivity index (χ3v) is 5.21. The van der Waals surface area contributed by atoms with Gasteiger partial charge in [-0.3, -0.25) is 4.79 Å². The summed E-state index contributed by atoms with van der Waals surface area (Å²) in [4.78, 5) is 18.9. The van der Waals surface area contributed by atoms with Gasteiger partial charge in [-0.05, 0) is 36.6 Å². The number of carbonyl (C=O) groups is 1. The van der Waals surface area contributed by atoms with Gasteiger partial charge in [0.25, 0.3) is 0 Å². The Hall–Kier alpha value is -3.15. The number of amides is 1. The molecule has 1 fully saturated rings. The van der Waals surface area contributed by atoms with Gasteiger partial charge in [0, 0.05) is 25.1 Å². The Kier molecular flexibility index (Phi) is 5.60. The van der Waals surface area contributed by atoms with Gasteiger partial charge in [-0.2, -0.15) is 4.98 Å². The zero-order valence-electron chi connectivity index (χ0n) is 16.8. The van der Waals surface area contributed by atoms with Crippen LogP contribution in [0.5, 0.6) is 5.75 Å². The molecule has 0 aliphatic carbocycles. The highest BCUT2D eigenvalue weighted by Gasteiger charge is 2.34. The Balaban J connectivity index is 1.44. The second-order valence-corrected chi connectivity index (χ2v) is 7.26. The molecular weight excluding hydrogens is 366 g/mol. The highest BCUT2D eigenvalue weighted by atomic mass is 16.5. The maximum Gasteiger partial charge on any atom is 0.232 e. The molecule has 4 rings (SSSR count). The molecular formula is C23H25N3O3. The van der Waals surface area contributed by atoms with E-state index in [1.165, 1.54) is 5.56 Å². The predicted octanol–water partition coefficient (Wildman–Crippen LogP) is 4.21. The minimum atomic E-state index is -0.0752. The normalized spacial score (nSPS) is 16.4. The van der Waals surface area contributed by atoms with Crippen LogP contribution in [0.3, 0.4) is 0 Å². The summed E-state index contributed by atoms with van der Waals surface area (Å²) in [5.41, 5.74) is 3.27. The lowest BCUT2D eigenvalue weighted by Gasteiger charge is -2.16. The van der Waals surface area contributed by atoms with E-state index in [4.69, 9.17) is 9.26 Å². The molecule has 1 unspecified atom stereocenters. The van der Waals surface area contributed by atoms with Gasteiger partial charge in [-0.25, -0.2) is 0 Å². The summed E-state index contributed by atoms with van der Waals surface area (Å²) >= 11 is 0. The smallest absolute Gasteiger partial charge is 0.232 e. The van der Waals surface area contributed by atoms with Gasteiger partial charge >= 0.3 is 0 Å². The predicted molar refractivity (Wildman–Crippen MR) is 109 cm³/mol. The number of hydrogen-bond donors (Lipinski definition) is 0. The van der Waals surface area contributed by atoms with Gasteiger partial charge in [0.15, 0.2) is 0 Å². The Bertz CT molecular complexity index is 981. The summed E-state index contributed by atoms with van der Waals surface area (Å²) in [5.74, 6) is 1.84. The molecule has 1 aliphatic rings. The Labute approximate surface area is 170 Å². The van der Waals surface area contributed by atoms with Crippen LogP contribution in [0.15, 0.2) is 53.1 Å². The summed E-state index contributed by atoms with van der Waals surface area (Å²) in [5, 5.41) is 4.11. The van der Waals surface area contributed by atoms with Gasteiger partial charge in [-0.15, -0.1) is 0 Å². The number of rotatable bonds is 7. The molecule has 2 heterocycles. The molecule has 0 N–H and O–H groups in total. The highest BCUT2D eigenvalue weighted by Crippen LogP contribution is 2.30. The lowest BCUT2D eigenvalue weighted by atomic mass is 10.1. The second-order valence-electron chi connectivity index (χ2n) is 7.26. The van der Waals surface area contributed by atoms with Gasteiger partial charge in [0.2, 0.25) is 17.6 Å². The summed E-state index contributed by atoms with van der Waals surface area (Å²) in [6.45, 7) is 5.88. The van der Waals surface area contributed by atoms with E-state index in [-0.39, 0.29) is 11.8 Å². The third kappa shape index (κ3) is 4.31. The quantitative estimate of drug-likeness (QED) is 0.603. The molecule has 0 saturated carbocycles. The SMILES string of the molecule is CCOc1cccc(-c2noc(C3CC(=O)N(Cc4ccc(CC)cc4)C3)n2)c1. The summed E-state index contributed by atoms with van der Waals surface area (Å²) in [6.07, 6.45) is 1.41. The molecule has 1 saturated heterocycles. The van der Waals surface area contributed by atoms with E-state index in [0.717, 1.165) is 23.3 Å². The van der Waals surface area contributed by atoms with Crippen LogP contribution in [-0.2, 0) is 17.8 Å². The average Bonchev–Trinajstić information content (AvgIpc) is 3.37. The molecule has 150 valence electrons. The Morgan fingerprint density at radius 3 is 2.69 bits per heavy atom. The number of nitrogens with zero attached hydrogens (tertiary/aromatic N) is 3. The van der Waals surface area contributed by atoms with Crippen molar-refractivity contribution in [3.63, 3.8) is 0 Å². The molecule has 0 bridgehead atoms. The van der Waals surface area contributed by atoms with E-state index in [2.05, 4.69) is 41.3 Å². The molecule has 6 nitrogen and oxygen atoms in total. The van der Waals surface area contributed by atoms with Gasteiger partial charge in [0.05, 0.1) is 12.5 Å². The van der Waals surface area contributed by atoms with Crippen molar-refractivity contribution in [3.8, 4) is 17.1 Å². The number of carbonyl (C=O) groups excluding carboxylic acids is 1. The molecule has 6 heteroatoms. The lowest BCUT2D eigenvalue weighted by Crippen LogP contribution is -2.24. The van der Waals surface area contributed by atoms with Crippen LogP contribution in [-0.4, -0.2) is 34.1 Å². The molecule has 2 aromatic carbocycles. The minimum Gasteiger partial charge on any atom is -0.494 e.